The van der Waals surface area contributed by atoms with E-state index in [9.17, 15) is 0 Å². The predicted molar refractivity (Wildman–Crippen MR) is 77.8 cm³/mol. The van der Waals surface area contributed by atoms with E-state index < -0.39 is 0 Å². The van der Waals surface area contributed by atoms with Crippen LogP contribution in [0.15, 0.2) is 34.2 Å². The lowest BCUT2D eigenvalue weighted by Gasteiger charge is -2.07. The number of rotatable bonds is 4. The van der Waals surface area contributed by atoms with Gasteiger partial charge in [0, 0.05) is 18.1 Å². The SMILES string of the molecule is COCc1nc(Cl)cc(Sc2cc(C)ccc2C)n1. The van der Waals surface area contributed by atoms with Crippen molar-refractivity contribution in [2.75, 3.05) is 7.11 Å². The first-order valence-electron chi connectivity index (χ1n) is 5.86. The summed E-state index contributed by atoms with van der Waals surface area (Å²) in [4.78, 5) is 9.73. The van der Waals surface area contributed by atoms with Crippen molar-refractivity contribution in [3.8, 4) is 0 Å². The highest BCUT2D eigenvalue weighted by Gasteiger charge is 2.07. The summed E-state index contributed by atoms with van der Waals surface area (Å²) in [5.41, 5.74) is 2.45. The Balaban J connectivity index is 2.29. The molecule has 0 radical (unpaired) electrons. The van der Waals surface area contributed by atoms with Crippen LogP contribution in [0.1, 0.15) is 17.0 Å². The molecule has 0 spiro atoms. The highest BCUT2D eigenvalue weighted by molar-refractivity contribution is 7.99. The largest absolute Gasteiger partial charge is 0.377 e. The van der Waals surface area contributed by atoms with E-state index in [1.165, 1.54) is 16.0 Å². The van der Waals surface area contributed by atoms with Gasteiger partial charge in [-0.25, -0.2) is 9.97 Å². The van der Waals surface area contributed by atoms with Crippen LogP contribution in [-0.4, -0.2) is 17.1 Å². The third-order valence-corrected chi connectivity index (χ3v) is 3.82. The molecule has 3 nitrogen and oxygen atoms in total. The molecule has 2 rings (SSSR count). The van der Waals surface area contributed by atoms with Crippen LogP contribution in [0.2, 0.25) is 5.15 Å². The standard InChI is InChI=1S/C14H15ClN2OS/c1-9-4-5-10(2)11(6-9)19-14-7-12(15)16-13(17-14)8-18-3/h4-7H,8H2,1-3H3. The van der Waals surface area contributed by atoms with E-state index in [2.05, 4.69) is 42.0 Å². The summed E-state index contributed by atoms with van der Waals surface area (Å²) in [5.74, 6) is 0.600. The quantitative estimate of drug-likeness (QED) is 0.797. The average Bonchev–Trinajstić information content (AvgIpc) is 2.33. The summed E-state index contributed by atoms with van der Waals surface area (Å²) < 4.78 is 5.04. The van der Waals surface area contributed by atoms with Crippen LogP contribution in [0.25, 0.3) is 0 Å². The van der Waals surface area contributed by atoms with Gasteiger partial charge in [-0.2, -0.15) is 0 Å². The number of ether oxygens (including phenoxy) is 1. The van der Waals surface area contributed by atoms with E-state index >= 15 is 0 Å². The molecule has 1 aromatic carbocycles. The number of methoxy groups -OCH3 is 1. The number of nitrogens with zero attached hydrogens (tertiary/aromatic N) is 2. The van der Waals surface area contributed by atoms with E-state index in [-0.39, 0.29) is 0 Å². The number of hydrogen-bond donors (Lipinski definition) is 0. The zero-order chi connectivity index (χ0) is 13.8. The van der Waals surface area contributed by atoms with Gasteiger partial charge in [-0.15, -0.1) is 0 Å². The van der Waals surface area contributed by atoms with Gasteiger partial charge in [0.25, 0.3) is 0 Å². The summed E-state index contributed by atoms with van der Waals surface area (Å²) in [6.07, 6.45) is 0. The Morgan fingerprint density at radius 1 is 1.21 bits per heavy atom. The lowest BCUT2D eigenvalue weighted by atomic mass is 10.2. The Labute approximate surface area is 122 Å². The van der Waals surface area contributed by atoms with E-state index in [1.807, 2.05) is 0 Å². The molecule has 0 amide bonds. The molecule has 19 heavy (non-hydrogen) atoms. The van der Waals surface area contributed by atoms with Gasteiger partial charge in [-0.05, 0) is 31.0 Å². The van der Waals surface area contributed by atoms with Crippen LogP contribution in [0.5, 0.6) is 0 Å². The van der Waals surface area contributed by atoms with Crippen LogP contribution >= 0.6 is 23.4 Å². The molecule has 1 heterocycles. The molecular weight excluding hydrogens is 280 g/mol. The molecule has 0 fully saturated rings. The van der Waals surface area contributed by atoms with E-state index in [0.717, 1.165) is 5.03 Å². The molecule has 0 aliphatic rings. The third-order valence-electron chi connectivity index (χ3n) is 2.55. The normalized spacial score (nSPS) is 10.7. The van der Waals surface area contributed by atoms with Gasteiger partial charge in [-0.3, -0.25) is 0 Å². The maximum absolute atomic E-state index is 6.00. The van der Waals surface area contributed by atoms with Crippen molar-refractivity contribution in [1.29, 1.82) is 0 Å². The summed E-state index contributed by atoms with van der Waals surface area (Å²) in [6.45, 7) is 4.52. The van der Waals surface area contributed by atoms with Crippen molar-refractivity contribution in [1.82, 2.24) is 9.97 Å². The Morgan fingerprint density at radius 2 is 2.00 bits per heavy atom. The summed E-state index contributed by atoms with van der Waals surface area (Å²) in [5, 5.41) is 1.27. The average molecular weight is 295 g/mol. The van der Waals surface area contributed by atoms with Crippen molar-refractivity contribution in [3.63, 3.8) is 0 Å². The number of aryl methyl sites for hydroxylation is 2. The highest BCUT2D eigenvalue weighted by atomic mass is 35.5. The van der Waals surface area contributed by atoms with E-state index in [0.29, 0.717) is 17.6 Å². The van der Waals surface area contributed by atoms with Crippen molar-refractivity contribution >= 4 is 23.4 Å². The van der Waals surface area contributed by atoms with Crippen LogP contribution in [-0.2, 0) is 11.3 Å². The van der Waals surface area contributed by atoms with Crippen LogP contribution in [0.3, 0.4) is 0 Å². The summed E-state index contributed by atoms with van der Waals surface area (Å²) in [7, 11) is 1.61. The number of aromatic nitrogens is 2. The van der Waals surface area contributed by atoms with Crippen LogP contribution in [0, 0.1) is 13.8 Å². The minimum atomic E-state index is 0.362. The number of halogens is 1. The topological polar surface area (TPSA) is 35.0 Å². The maximum Gasteiger partial charge on any atom is 0.156 e. The second kappa shape index (κ2) is 6.37. The van der Waals surface area contributed by atoms with Crippen molar-refractivity contribution in [3.05, 3.63) is 46.4 Å². The van der Waals surface area contributed by atoms with Crippen molar-refractivity contribution in [2.45, 2.75) is 30.4 Å². The van der Waals surface area contributed by atoms with Gasteiger partial charge in [-0.1, -0.05) is 35.5 Å². The van der Waals surface area contributed by atoms with E-state index in [4.69, 9.17) is 16.3 Å². The number of benzene rings is 1. The molecular formula is C14H15ClN2OS. The molecule has 0 unspecified atom stereocenters. The predicted octanol–water partition coefficient (Wildman–Crippen LogP) is 4.04. The fraction of sp³-hybridized carbons (Fsp3) is 0.286. The Bertz CT molecular complexity index is 590. The van der Waals surface area contributed by atoms with Gasteiger partial charge in [0.05, 0.1) is 0 Å². The lowest BCUT2D eigenvalue weighted by Crippen LogP contribution is -1.98. The zero-order valence-corrected chi connectivity index (χ0v) is 12.7. The monoisotopic (exact) mass is 294 g/mol. The third kappa shape index (κ3) is 3.93. The molecule has 0 saturated carbocycles. The maximum atomic E-state index is 6.00. The molecule has 0 atom stereocenters. The molecule has 5 heteroatoms. The second-order valence-corrected chi connectivity index (χ2v) is 5.70. The smallest absolute Gasteiger partial charge is 0.156 e. The molecule has 0 N–H and O–H groups in total. The minimum Gasteiger partial charge on any atom is -0.377 e. The molecule has 100 valence electrons. The Morgan fingerprint density at radius 3 is 2.74 bits per heavy atom. The fourth-order valence-corrected chi connectivity index (χ4v) is 2.90. The molecule has 1 aromatic heterocycles. The van der Waals surface area contributed by atoms with Crippen LogP contribution in [0.4, 0.5) is 0 Å². The molecule has 0 aliphatic carbocycles. The summed E-state index contributed by atoms with van der Waals surface area (Å²) in [6, 6.07) is 8.12. The molecule has 2 aromatic rings. The van der Waals surface area contributed by atoms with Gasteiger partial charge < -0.3 is 4.74 Å². The van der Waals surface area contributed by atoms with Gasteiger partial charge >= 0.3 is 0 Å². The highest BCUT2D eigenvalue weighted by Crippen LogP contribution is 2.30. The summed E-state index contributed by atoms with van der Waals surface area (Å²) >= 11 is 7.59. The van der Waals surface area contributed by atoms with E-state index in [1.54, 1.807) is 24.9 Å². The van der Waals surface area contributed by atoms with Crippen molar-refractivity contribution < 1.29 is 4.74 Å². The van der Waals surface area contributed by atoms with Crippen LogP contribution < -0.4 is 0 Å². The fourth-order valence-electron chi connectivity index (χ4n) is 1.62. The Kier molecular flexibility index (Phi) is 4.80. The first-order chi connectivity index (χ1) is 9.08. The van der Waals surface area contributed by atoms with Gasteiger partial charge in [0.15, 0.2) is 5.82 Å². The van der Waals surface area contributed by atoms with Gasteiger partial charge in [0.2, 0.25) is 0 Å². The Hall–Kier alpha value is -1.10. The van der Waals surface area contributed by atoms with Crippen molar-refractivity contribution in [2.24, 2.45) is 0 Å². The lowest BCUT2D eigenvalue weighted by molar-refractivity contribution is 0.177. The minimum absolute atomic E-state index is 0.362. The second-order valence-electron chi connectivity index (χ2n) is 4.25. The van der Waals surface area contributed by atoms with Gasteiger partial charge in [0.1, 0.15) is 16.8 Å². The first-order valence-corrected chi connectivity index (χ1v) is 7.05. The number of hydrogen-bond acceptors (Lipinski definition) is 4. The first kappa shape index (κ1) is 14.3. The molecule has 0 aliphatic heterocycles. The molecule has 0 bridgehead atoms. The zero-order valence-electron chi connectivity index (χ0n) is 11.1. The molecule has 0 saturated heterocycles.